The molecule has 82 valence electrons. The second kappa shape index (κ2) is 7.17. The summed E-state index contributed by atoms with van der Waals surface area (Å²) >= 11 is 0. The number of ether oxygens (including phenoxy) is 2. The molecule has 3 heteroatoms. The molecular formula is C12H16O3. The molecule has 0 radical (unpaired) electrons. The summed E-state index contributed by atoms with van der Waals surface area (Å²) in [5, 5.41) is 8.60. The lowest BCUT2D eigenvalue weighted by Gasteiger charge is -2.03. The van der Waals surface area contributed by atoms with E-state index in [1.165, 1.54) is 0 Å². The minimum Gasteiger partial charge on any atom is -0.392 e. The highest BCUT2D eigenvalue weighted by atomic mass is 16.7. The van der Waals surface area contributed by atoms with Gasteiger partial charge in [0.15, 0.2) is 0 Å². The van der Waals surface area contributed by atoms with E-state index in [0.717, 1.165) is 11.1 Å². The number of hydrogen-bond acceptors (Lipinski definition) is 3. The predicted molar refractivity (Wildman–Crippen MR) is 59.2 cm³/mol. The standard InChI is InChI=1S/C12H16O3/c1-14-10-15-9-12-6-4-11(5-7-12)3-2-8-13/h2-7,13H,8-10H2,1H3/b3-2+. The Kier molecular flexibility index (Phi) is 5.70. The van der Waals surface area contributed by atoms with Crippen molar-refractivity contribution in [3.8, 4) is 0 Å². The lowest BCUT2D eigenvalue weighted by molar-refractivity contribution is -0.0390. The first-order valence-corrected chi connectivity index (χ1v) is 4.80. The van der Waals surface area contributed by atoms with E-state index < -0.39 is 0 Å². The molecule has 0 saturated heterocycles. The molecule has 1 aromatic rings. The van der Waals surface area contributed by atoms with Gasteiger partial charge in [0.05, 0.1) is 13.2 Å². The van der Waals surface area contributed by atoms with Crippen LogP contribution in [0.2, 0.25) is 0 Å². The Morgan fingerprint density at radius 2 is 2.00 bits per heavy atom. The van der Waals surface area contributed by atoms with Crippen molar-refractivity contribution in [3.63, 3.8) is 0 Å². The van der Waals surface area contributed by atoms with Crippen molar-refractivity contribution >= 4 is 6.08 Å². The fourth-order valence-electron chi connectivity index (χ4n) is 1.16. The van der Waals surface area contributed by atoms with E-state index in [4.69, 9.17) is 14.6 Å². The molecule has 0 atom stereocenters. The van der Waals surface area contributed by atoms with Gasteiger partial charge in [-0.05, 0) is 11.1 Å². The molecule has 0 unspecified atom stereocenters. The van der Waals surface area contributed by atoms with Gasteiger partial charge in [-0.25, -0.2) is 0 Å². The van der Waals surface area contributed by atoms with Gasteiger partial charge in [0.25, 0.3) is 0 Å². The van der Waals surface area contributed by atoms with Crippen molar-refractivity contribution in [2.45, 2.75) is 6.61 Å². The van der Waals surface area contributed by atoms with E-state index in [-0.39, 0.29) is 6.61 Å². The summed E-state index contributed by atoms with van der Waals surface area (Å²) in [6, 6.07) is 7.95. The molecule has 0 aliphatic heterocycles. The first kappa shape index (κ1) is 11.9. The van der Waals surface area contributed by atoms with Crippen LogP contribution in [0.4, 0.5) is 0 Å². The smallest absolute Gasteiger partial charge is 0.146 e. The monoisotopic (exact) mass is 208 g/mol. The summed E-state index contributed by atoms with van der Waals surface area (Å²) in [5.41, 5.74) is 2.17. The van der Waals surface area contributed by atoms with Gasteiger partial charge in [-0.3, -0.25) is 0 Å². The van der Waals surface area contributed by atoms with Gasteiger partial charge in [-0.15, -0.1) is 0 Å². The van der Waals surface area contributed by atoms with Crippen LogP contribution in [0.3, 0.4) is 0 Å². The van der Waals surface area contributed by atoms with Crippen molar-refractivity contribution in [3.05, 3.63) is 41.5 Å². The fourth-order valence-corrected chi connectivity index (χ4v) is 1.16. The van der Waals surface area contributed by atoms with Crippen molar-refractivity contribution in [2.75, 3.05) is 20.5 Å². The molecule has 0 spiro atoms. The lowest BCUT2D eigenvalue weighted by atomic mass is 10.1. The molecule has 0 amide bonds. The van der Waals surface area contributed by atoms with Gasteiger partial charge < -0.3 is 14.6 Å². The van der Waals surface area contributed by atoms with E-state index in [0.29, 0.717) is 13.4 Å². The second-order valence-corrected chi connectivity index (χ2v) is 3.08. The van der Waals surface area contributed by atoms with Gasteiger partial charge in [0.2, 0.25) is 0 Å². The molecule has 15 heavy (non-hydrogen) atoms. The van der Waals surface area contributed by atoms with Crippen LogP contribution >= 0.6 is 0 Å². The maximum absolute atomic E-state index is 8.60. The van der Waals surface area contributed by atoms with Crippen LogP contribution in [0, 0.1) is 0 Å². The summed E-state index contributed by atoms with van der Waals surface area (Å²) in [6.45, 7) is 0.933. The largest absolute Gasteiger partial charge is 0.392 e. The van der Waals surface area contributed by atoms with Gasteiger partial charge in [0, 0.05) is 7.11 Å². The zero-order valence-corrected chi connectivity index (χ0v) is 8.85. The minimum absolute atomic E-state index is 0.0682. The highest BCUT2D eigenvalue weighted by Gasteiger charge is 1.92. The van der Waals surface area contributed by atoms with Gasteiger partial charge >= 0.3 is 0 Å². The van der Waals surface area contributed by atoms with Crippen molar-refractivity contribution in [1.29, 1.82) is 0 Å². The summed E-state index contributed by atoms with van der Waals surface area (Å²) in [5.74, 6) is 0. The van der Waals surface area contributed by atoms with Gasteiger partial charge in [0.1, 0.15) is 6.79 Å². The normalized spacial score (nSPS) is 11.1. The molecule has 3 nitrogen and oxygen atoms in total. The Bertz CT molecular complexity index is 290. The minimum atomic E-state index is 0.0682. The Morgan fingerprint density at radius 3 is 2.60 bits per heavy atom. The Morgan fingerprint density at radius 1 is 1.27 bits per heavy atom. The van der Waals surface area contributed by atoms with Crippen LogP contribution in [0.15, 0.2) is 30.3 Å². The Labute approximate surface area is 90.0 Å². The average Bonchev–Trinajstić information content (AvgIpc) is 2.28. The first-order valence-electron chi connectivity index (χ1n) is 4.80. The molecule has 0 bridgehead atoms. The first-order chi connectivity index (χ1) is 7.36. The molecule has 0 fully saturated rings. The molecule has 1 N–H and O–H groups in total. The van der Waals surface area contributed by atoms with Crippen LogP contribution in [0.5, 0.6) is 0 Å². The number of benzene rings is 1. The van der Waals surface area contributed by atoms with Crippen LogP contribution in [0.25, 0.3) is 6.08 Å². The van der Waals surface area contributed by atoms with Crippen LogP contribution < -0.4 is 0 Å². The second-order valence-electron chi connectivity index (χ2n) is 3.08. The number of hydrogen-bond donors (Lipinski definition) is 1. The maximum atomic E-state index is 8.60. The summed E-state index contributed by atoms with van der Waals surface area (Å²) in [7, 11) is 1.60. The summed E-state index contributed by atoms with van der Waals surface area (Å²) in [6.07, 6.45) is 3.58. The average molecular weight is 208 g/mol. The highest BCUT2D eigenvalue weighted by Crippen LogP contribution is 2.07. The number of aliphatic hydroxyl groups is 1. The van der Waals surface area contributed by atoms with Crippen LogP contribution in [-0.4, -0.2) is 25.6 Å². The molecule has 0 aliphatic rings. The molecule has 1 rings (SSSR count). The number of rotatable bonds is 6. The van der Waals surface area contributed by atoms with E-state index in [9.17, 15) is 0 Å². The molecule has 0 aromatic heterocycles. The quantitative estimate of drug-likeness (QED) is 0.572. The van der Waals surface area contributed by atoms with E-state index in [1.807, 2.05) is 30.3 Å². The molecule has 1 aromatic carbocycles. The summed E-state index contributed by atoms with van der Waals surface area (Å²) < 4.78 is 9.99. The fraction of sp³-hybridized carbons (Fsp3) is 0.333. The Balaban J connectivity index is 2.45. The third kappa shape index (κ3) is 4.74. The molecule has 0 heterocycles. The predicted octanol–water partition coefficient (Wildman–Crippen LogP) is 1.81. The highest BCUT2D eigenvalue weighted by molar-refractivity contribution is 5.49. The van der Waals surface area contributed by atoms with Crippen LogP contribution in [0.1, 0.15) is 11.1 Å². The lowest BCUT2D eigenvalue weighted by Crippen LogP contribution is -1.96. The zero-order valence-electron chi connectivity index (χ0n) is 8.85. The number of aliphatic hydroxyl groups excluding tert-OH is 1. The van der Waals surface area contributed by atoms with Crippen LogP contribution in [-0.2, 0) is 16.1 Å². The third-order valence-electron chi connectivity index (χ3n) is 1.87. The summed E-state index contributed by atoms with van der Waals surface area (Å²) in [4.78, 5) is 0. The van der Waals surface area contributed by atoms with Crippen molar-refractivity contribution in [2.24, 2.45) is 0 Å². The van der Waals surface area contributed by atoms with Gasteiger partial charge in [-0.1, -0.05) is 36.4 Å². The van der Waals surface area contributed by atoms with Crippen molar-refractivity contribution < 1.29 is 14.6 Å². The molecular weight excluding hydrogens is 192 g/mol. The van der Waals surface area contributed by atoms with E-state index >= 15 is 0 Å². The molecule has 0 aliphatic carbocycles. The maximum Gasteiger partial charge on any atom is 0.146 e. The number of methoxy groups -OCH3 is 1. The molecule has 0 saturated carbocycles. The topological polar surface area (TPSA) is 38.7 Å². The zero-order chi connectivity index (χ0) is 10.9. The van der Waals surface area contributed by atoms with Gasteiger partial charge in [-0.2, -0.15) is 0 Å². The Hall–Kier alpha value is -1.16. The third-order valence-corrected chi connectivity index (χ3v) is 1.87. The van der Waals surface area contributed by atoms with E-state index in [1.54, 1.807) is 13.2 Å². The van der Waals surface area contributed by atoms with E-state index in [2.05, 4.69) is 0 Å². The SMILES string of the molecule is COCOCc1ccc(/C=C/CO)cc1. The van der Waals surface area contributed by atoms with Crippen molar-refractivity contribution in [1.82, 2.24) is 0 Å².